The number of ether oxygens (including phenoxy) is 1. The van der Waals surface area contributed by atoms with Crippen LogP contribution in [0.15, 0.2) is 69.9 Å². The van der Waals surface area contributed by atoms with E-state index in [1.54, 1.807) is 19.2 Å². The standard InChI is InChI=1S/C23H23N3O4/c1-25(19-14-23(28)30-20-8-4-3-7-17(19)20)16-9-10-21(29-2)18(13-16)24-22(27)15-26-11-5-6-12-26/h3-10,13-14H,11-12,15H2,1-2H3,(H,24,27). The van der Waals surface area contributed by atoms with Gasteiger partial charge in [0.2, 0.25) is 5.91 Å². The van der Waals surface area contributed by atoms with Crippen molar-refractivity contribution in [3.63, 3.8) is 0 Å². The van der Waals surface area contributed by atoms with Crippen molar-refractivity contribution in [2.24, 2.45) is 0 Å². The Morgan fingerprint density at radius 3 is 2.70 bits per heavy atom. The number of para-hydroxylation sites is 1. The fourth-order valence-corrected chi connectivity index (χ4v) is 3.56. The number of benzene rings is 2. The smallest absolute Gasteiger partial charge is 0.338 e. The largest absolute Gasteiger partial charge is 0.495 e. The highest BCUT2D eigenvalue weighted by Crippen LogP contribution is 2.34. The van der Waals surface area contributed by atoms with Crippen molar-refractivity contribution in [1.82, 2.24) is 4.90 Å². The minimum absolute atomic E-state index is 0.109. The van der Waals surface area contributed by atoms with Crippen molar-refractivity contribution in [2.45, 2.75) is 0 Å². The molecule has 0 bridgehead atoms. The lowest BCUT2D eigenvalue weighted by atomic mass is 10.1. The molecule has 30 heavy (non-hydrogen) atoms. The number of hydrogen-bond acceptors (Lipinski definition) is 6. The number of methoxy groups -OCH3 is 1. The third kappa shape index (κ3) is 4.06. The summed E-state index contributed by atoms with van der Waals surface area (Å²) in [6.07, 6.45) is 4.09. The average molecular weight is 405 g/mol. The van der Waals surface area contributed by atoms with Gasteiger partial charge in [0.1, 0.15) is 11.3 Å². The van der Waals surface area contributed by atoms with Gasteiger partial charge >= 0.3 is 5.63 Å². The fourth-order valence-electron chi connectivity index (χ4n) is 3.56. The molecule has 1 amide bonds. The van der Waals surface area contributed by atoms with Gasteiger partial charge in [-0.05, 0) is 30.3 Å². The summed E-state index contributed by atoms with van der Waals surface area (Å²) in [5.74, 6) is 0.458. The van der Waals surface area contributed by atoms with Crippen LogP contribution in [-0.2, 0) is 4.79 Å². The zero-order chi connectivity index (χ0) is 21.1. The molecule has 0 aliphatic carbocycles. The van der Waals surface area contributed by atoms with Crippen LogP contribution in [0.4, 0.5) is 17.1 Å². The molecule has 1 aliphatic rings. The first-order chi connectivity index (χ1) is 14.5. The van der Waals surface area contributed by atoms with E-state index in [0.29, 0.717) is 29.3 Å². The van der Waals surface area contributed by atoms with Gasteiger partial charge in [0.15, 0.2) is 0 Å². The summed E-state index contributed by atoms with van der Waals surface area (Å²) in [6.45, 7) is 1.86. The van der Waals surface area contributed by atoms with Crippen molar-refractivity contribution in [3.05, 3.63) is 71.1 Å². The molecule has 0 saturated carbocycles. The van der Waals surface area contributed by atoms with Crippen LogP contribution in [0.3, 0.4) is 0 Å². The predicted molar refractivity (Wildman–Crippen MR) is 118 cm³/mol. The first-order valence-electron chi connectivity index (χ1n) is 9.67. The molecule has 2 heterocycles. The zero-order valence-corrected chi connectivity index (χ0v) is 16.9. The molecule has 0 saturated heterocycles. The molecule has 1 aromatic heterocycles. The zero-order valence-electron chi connectivity index (χ0n) is 16.9. The Kier molecular flexibility index (Phi) is 5.54. The Bertz CT molecular complexity index is 1160. The Morgan fingerprint density at radius 2 is 1.93 bits per heavy atom. The van der Waals surface area contributed by atoms with Crippen LogP contribution in [0.1, 0.15) is 0 Å². The third-order valence-corrected chi connectivity index (χ3v) is 5.10. The molecule has 7 heteroatoms. The van der Waals surface area contributed by atoms with Gasteiger partial charge in [0.25, 0.3) is 0 Å². The van der Waals surface area contributed by atoms with Gasteiger partial charge in [-0.2, -0.15) is 0 Å². The van der Waals surface area contributed by atoms with Crippen molar-refractivity contribution >= 4 is 33.9 Å². The number of amides is 1. The molecule has 0 radical (unpaired) electrons. The van der Waals surface area contributed by atoms with Gasteiger partial charge in [-0.3, -0.25) is 9.69 Å². The summed E-state index contributed by atoms with van der Waals surface area (Å²) >= 11 is 0. The maximum atomic E-state index is 12.5. The van der Waals surface area contributed by atoms with E-state index in [0.717, 1.165) is 24.2 Å². The van der Waals surface area contributed by atoms with E-state index in [4.69, 9.17) is 9.15 Å². The average Bonchev–Trinajstić information content (AvgIpc) is 3.25. The van der Waals surface area contributed by atoms with Gasteiger partial charge in [0, 0.05) is 37.3 Å². The number of anilines is 3. The van der Waals surface area contributed by atoms with E-state index in [2.05, 4.69) is 5.32 Å². The highest BCUT2D eigenvalue weighted by molar-refractivity contribution is 5.96. The van der Waals surface area contributed by atoms with Crippen molar-refractivity contribution < 1.29 is 13.9 Å². The number of carbonyl (C=O) groups is 1. The van der Waals surface area contributed by atoms with Crippen LogP contribution in [-0.4, -0.2) is 44.6 Å². The van der Waals surface area contributed by atoms with Gasteiger partial charge < -0.3 is 19.4 Å². The summed E-state index contributed by atoms with van der Waals surface area (Å²) in [5, 5.41) is 3.77. The van der Waals surface area contributed by atoms with E-state index < -0.39 is 5.63 Å². The Morgan fingerprint density at radius 1 is 1.17 bits per heavy atom. The van der Waals surface area contributed by atoms with Gasteiger partial charge in [-0.15, -0.1) is 0 Å². The number of nitrogens with zero attached hydrogens (tertiary/aromatic N) is 2. The molecule has 0 unspecified atom stereocenters. The SMILES string of the molecule is COc1ccc(N(C)c2cc(=O)oc3ccccc23)cc1NC(=O)CN1CC=CC1. The van der Waals surface area contributed by atoms with Gasteiger partial charge in [-0.1, -0.05) is 24.3 Å². The Balaban J connectivity index is 1.64. The maximum absolute atomic E-state index is 12.5. The van der Waals surface area contributed by atoms with Gasteiger partial charge in [0.05, 0.1) is 25.0 Å². The lowest BCUT2D eigenvalue weighted by Crippen LogP contribution is -2.31. The topological polar surface area (TPSA) is 75.0 Å². The molecule has 1 aliphatic heterocycles. The Labute approximate surface area is 174 Å². The lowest BCUT2D eigenvalue weighted by Gasteiger charge is -2.22. The summed E-state index contributed by atoms with van der Waals surface area (Å²) in [4.78, 5) is 28.5. The summed E-state index contributed by atoms with van der Waals surface area (Å²) < 4.78 is 10.7. The van der Waals surface area contributed by atoms with Crippen LogP contribution in [0.25, 0.3) is 11.0 Å². The van der Waals surface area contributed by atoms with Crippen LogP contribution in [0.2, 0.25) is 0 Å². The molecule has 154 valence electrons. The van der Waals surface area contributed by atoms with Gasteiger partial charge in [-0.25, -0.2) is 4.79 Å². The van der Waals surface area contributed by atoms with Crippen LogP contribution >= 0.6 is 0 Å². The van der Waals surface area contributed by atoms with E-state index in [-0.39, 0.29) is 5.91 Å². The first kappa shape index (κ1) is 19.7. The highest BCUT2D eigenvalue weighted by Gasteiger charge is 2.16. The molecular weight excluding hydrogens is 382 g/mol. The normalized spacial score (nSPS) is 13.5. The minimum Gasteiger partial charge on any atom is -0.495 e. The summed E-state index contributed by atoms with van der Waals surface area (Å²) in [5.41, 5.74) is 2.19. The molecule has 1 N–H and O–H groups in total. The molecule has 2 aromatic carbocycles. The molecule has 0 atom stereocenters. The number of fused-ring (bicyclic) bond motifs is 1. The molecule has 3 aromatic rings. The monoisotopic (exact) mass is 405 g/mol. The molecule has 0 spiro atoms. The molecule has 0 fully saturated rings. The van der Waals surface area contributed by atoms with E-state index in [9.17, 15) is 9.59 Å². The predicted octanol–water partition coefficient (Wildman–Crippen LogP) is 3.38. The van der Waals surface area contributed by atoms with E-state index in [1.807, 2.05) is 59.3 Å². The summed E-state index contributed by atoms with van der Waals surface area (Å²) in [7, 11) is 3.43. The molecule has 4 rings (SSSR count). The highest BCUT2D eigenvalue weighted by atomic mass is 16.5. The minimum atomic E-state index is -0.420. The van der Waals surface area contributed by atoms with Crippen LogP contribution in [0.5, 0.6) is 5.75 Å². The molecular formula is C23H23N3O4. The second-order valence-corrected chi connectivity index (χ2v) is 7.10. The van der Waals surface area contributed by atoms with E-state index in [1.165, 1.54) is 6.07 Å². The fraction of sp³-hybridized carbons (Fsp3) is 0.217. The second-order valence-electron chi connectivity index (χ2n) is 7.10. The third-order valence-electron chi connectivity index (χ3n) is 5.10. The number of rotatable bonds is 6. The second kappa shape index (κ2) is 8.42. The van der Waals surface area contributed by atoms with E-state index >= 15 is 0 Å². The maximum Gasteiger partial charge on any atom is 0.338 e. The quantitative estimate of drug-likeness (QED) is 0.501. The van der Waals surface area contributed by atoms with Crippen LogP contribution < -0.4 is 20.6 Å². The first-order valence-corrected chi connectivity index (χ1v) is 9.67. The van der Waals surface area contributed by atoms with Crippen molar-refractivity contribution in [3.8, 4) is 5.75 Å². The molecule has 7 nitrogen and oxygen atoms in total. The number of hydrogen-bond donors (Lipinski definition) is 1. The van der Waals surface area contributed by atoms with Crippen LogP contribution in [0, 0.1) is 0 Å². The Hall–Kier alpha value is -3.58. The lowest BCUT2D eigenvalue weighted by molar-refractivity contribution is -0.117. The van der Waals surface area contributed by atoms with Crippen molar-refractivity contribution in [2.75, 3.05) is 44.0 Å². The summed E-state index contributed by atoms with van der Waals surface area (Å²) in [6, 6.07) is 14.4. The van der Waals surface area contributed by atoms with Crippen molar-refractivity contribution in [1.29, 1.82) is 0 Å². The number of nitrogens with one attached hydrogen (secondary N) is 1. The number of carbonyl (C=O) groups excluding carboxylic acids is 1.